The van der Waals surface area contributed by atoms with Gasteiger partial charge in [0.15, 0.2) is 5.78 Å². The van der Waals surface area contributed by atoms with Crippen LogP contribution < -0.4 is 22.9 Å². The Balaban J connectivity index is 2.35. The van der Waals surface area contributed by atoms with Gasteiger partial charge in [-0.25, -0.2) is 0 Å². The fourth-order valence-electron chi connectivity index (χ4n) is 1.70. The van der Waals surface area contributed by atoms with Crippen LogP contribution in [0.25, 0.3) is 0 Å². The average Bonchev–Trinajstić information content (AvgIpc) is 2.33. The van der Waals surface area contributed by atoms with Crippen molar-refractivity contribution in [1.82, 2.24) is 0 Å². The second-order valence-electron chi connectivity index (χ2n) is 4.49. The predicted molar refractivity (Wildman–Crippen MR) is 70.2 cm³/mol. The zero-order chi connectivity index (χ0) is 13.4. The van der Waals surface area contributed by atoms with Gasteiger partial charge in [-0.1, -0.05) is 36.4 Å². The Kier molecular flexibility index (Phi) is 2.92. The molecule has 0 bridgehead atoms. The standard InChI is InChI=1S/C13H16N4O/c14-12(15)7-6-10(8-13(12,16)17)11(18)9-4-2-1-3-5-9/h1-8H,14-17H2. The molecular formula is C13H16N4O. The third-order valence-corrected chi connectivity index (χ3v) is 2.98. The van der Waals surface area contributed by atoms with Crippen molar-refractivity contribution in [2.45, 2.75) is 11.3 Å². The van der Waals surface area contributed by atoms with Crippen molar-refractivity contribution in [2.75, 3.05) is 0 Å². The number of Topliss-reactive ketones (excluding diaryl/α,β-unsaturated/α-hetero) is 1. The van der Waals surface area contributed by atoms with E-state index < -0.39 is 11.3 Å². The number of nitrogens with two attached hydrogens (primary N) is 4. The Morgan fingerprint density at radius 1 is 0.944 bits per heavy atom. The smallest absolute Gasteiger partial charge is 0.192 e. The first kappa shape index (κ1) is 12.7. The van der Waals surface area contributed by atoms with E-state index in [9.17, 15) is 4.79 Å². The summed E-state index contributed by atoms with van der Waals surface area (Å²) in [6.07, 6.45) is 4.40. The maximum absolute atomic E-state index is 12.2. The molecule has 1 aliphatic carbocycles. The summed E-state index contributed by atoms with van der Waals surface area (Å²) < 4.78 is 0. The largest absolute Gasteiger partial charge is 0.307 e. The second-order valence-corrected chi connectivity index (χ2v) is 4.49. The average molecular weight is 244 g/mol. The lowest BCUT2D eigenvalue weighted by Crippen LogP contribution is -2.75. The van der Waals surface area contributed by atoms with Crippen molar-refractivity contribution >= 4 is 5.78 Å². The van der Waals surface area contributed by atoms with Gasteiger partial charge in [0.05, 0.1) is 0 Å². The van der Waals surface area contributed by atoms with E-state index in [-0.39, 0.29) is 5.78 Å². The van der Waals surface area contributed by atoms with Gasteiger partial charge in [-0.05, 0) is 12.2 Å². The van der Waals surface area contributed by atoms with Gasteiger partial charge in [-0.2, -0.15) is 0 Å². The second kappa shape index (κ2) is 4.15. The number of ketones is 1. The Bertz CT molecular complexity index is 529. The molecule has 1 aromatic carbocycles. The molecule has 1 aromatic rings. The highest BCUT2D eigenvalue weighted by Crippen LogP contribution is 2.21. The monoisotopic (exact) mass is 244 g/mol. The summed E-state index contributed by atoms with van der Waals surface area (Å²) in [6, 6.07) is 8.85. The molecule has 0 aromatic heterocycles. The molecule has 0 saturated carbocycles. The molecule has 0 amide bonds. The van der Waals surface area contributed by atoms with Gasteiger partial charge in [0, 0.05) is 11.1 Å². The Hall–Kier alpha value is -1.79. The summed E-state index contributed by atoms with van der Waals surface area (Å²) in [5.41, 5.74) is 21.2. The molecule has 0 unspecified atom stereocenters. The van der Waals surface area contributed by atoms with Crippen LogP contribution in [0.15, 0.2) is 54.1 Å². The fourth-order valence-corrected chi connectivity index (χ4v) is 1.70. The van der Waals surface area contributed by atoms with Gasteiger partial charge in [0.2, 0.25) is 0 Å². The molecule has 0 aliphatic heterocycles. The van der Waals surface area contributed by atoms with Gasteiger partial charge in [0.1, 0.15) is 11.3 Å². The Labute approximate surface area is 105 Å². The molecule has 0 atom stereocenters. The van der Waals surface area contributed by atoms with Gasteiger partial charge in [-0.3, -0.25) is 4.79 Å². The summed E-state index contributed by atoms with van der Waals surface area (Å²) in [5, 5.41) is 0. The molecule has 0 heterocycles. The maximum atomic E-state index is 12.2. The molecule has 0 spiro atoms. The van der Waals surface area contributed by atoms with Crippen LogP contribution in [0.5, 0.6) is 0 Å². The summed E-state index contributed by atoms with van der Waals surface area (Å²) >= 11 is 0. The third kappa shape index (κ3) is 2.12. The van der Waals surface area contributed by atoms with Crippen molar-refractivity contribution in [3.63, 3.8) is 0 Å². The van der Waals surface area contributed by atoms with Crippen molar-refractivity contribution in [3.05, 3.63) is 59.7 Å². The fraction of sp³-hybridized carbons (Fsp3) is 0.154. The molecule has 8 N–H and O–H groups in total. The van der Waals surface area contributed by atoms with Crippen LogP contribution in [-0.4, -0.2) is 17.1 Å². The van der Waals surface area contributed by atoms with E-state index in [2.05, 4.69) is 0 Å². The molecule has 2 rings (SSSR count). The summed E-state index contributed by atoms with van der Waals surface area (Å²) in [6.45, 7) is 0. The number of rotatable bonds is 2. The molecule has 5 nitrogen and oxygen atoms in total. The van der Waals surface area contributed by atoms with E-state index in [0.717, 1.165) is 0 Å². The zero-order valence-corrected chi connectivity index (χ0v) is 9.84. The summed E-state index contributed by atoms with van der Waals surface area (Å²) in [4.78, 5) is 12.2. The Morgan fingerprint density at radius 2 is 1.56 bits per heavy atom. The number of allylic oxidation sites excluding steroid dienone is 2. The molecule has 5 heteroatoms. The van der Waals surface area contributed by atoms with Gasteiger partial charge in [-0.15, -0.1) is 0 Å². The van der Waals surface area contributed by atoms with E-state index in [1.54, 1.807) is 30.3 Å². The van der Waals surface area contributed by atoms with E-state index in [1.807, 2.05) is 6.07 Å². The van der Waals surface area contributed by atoms with Crippen LogP contribution in [-0.2, 0) is 0 Å². The minimum Gasteiger partial charge on any atom is -0.307 e. The van der Waals surface area contributed by atoms with Gasteiger partial charge < -0.3 is 22.9 Å². The van der Waals surface area contributed by atoms with Crippen LogP contribution in [0.1, 0.15) is 10.4 Å². The maximum Gasteiger partial charge on any atom is 0.192 e. The first-order valence-corrected chi connectivity index (χ1v) is 5.51. The highest BCUT2D eigenvalue weighted by molar-refractivity contribution is 6.10. The van der Waals surface area contributed by atoms with Gasteiger partial charge >= 0.3 is 0 Å². The predicted octanol–water partition coefficient (Wildman–Crippen LogP) is -0.407. The van der Waals surface area contributed by atoms with Crippen LogP contribution in [0.2, 0.25) is 0 Å². The molecule has 0 saturated heterocycles. The Morgan fingerprint density at radius 3 is 2.11 bits per heavy atom. The van der Waals surface area contributed by atoms with Crippen molar-refractivity contribution in [2.24, 2.45) is 22.9 Å². The number of hydrogen-bond donors (Lipinski definition) is 4. The van der Waals surface area contributed by atoms with Crippen molar-refractivity contribution in [1.29, 1.82) is 0 Å². The highest BCUT2D eigenvalue weighted by atomic mass is 16.1. The zero-order valence-electron chi connectivity index (χ0n) is 9.84. The molecule has 94 valence electrons. The van der Waals surface area contributed by atoms with Gasteiger partial charge in [0.25, 0.3) is 0 Å². The number of benzene rings is 1. The van der Waals surface area contributed by atoms with Crippen molar-refractivity contribution < 1.29 is 4.79 Å². The van der Waals surface area contributed by atoms with Crippen LogP contribution >= 0.6 is 0 Å². The first-order valence-electron chi connectivity index (χ1n) is 5.51. The van der Waals surface area contributed by atoms with Crippen LogP contribution in [0.4, 0.5) is 0 Å². The molecular weight excluding hydrogens is 228 g/mol. The minimum absolute atomic E-state index is 0.164. The summed E-state index contributed by atoms with van der Waals surface area (Å²) in [7, 11) is 0. The van der Waals surface area contributed by atoms with E-state index >= 15 is 0 Å². The number of carbonyl (C=O) groups excluding carboxylic acids is 1. The highest BCUT2D eigenvalue weighted by Gasteiger charge is 2.39. The van der Waals surface area contributed by atoms with E-state index in [0.29, 0.717) is 11.1 Å². The lowest BCUT2D eigenvalue weighted by atomic mass is 9.85. The molecule has 18 heavy (non-hydrogen) atoms. The number of carbonyl (C=O) groups is 1. The summed E-state index contributed by atoms with van der Waals surface area (Å²) in [5.74, 6) is -0.164. The molecule has 1 aliphatic rings. The minimum atomic E-state index is -1.46. The van der Waals surface area contributed by atoms with Crippen LogP contribution in [0, 0.1) is 0 Å². The lowest BCUT2D eigenvalue weighted by molar-refractivity contribution is 0.103. The third-order valence-electron chi connectivity index (χ3n) is 2.98. The topological polar surface area (TPSA) is 121 Å². The lowest BCUT2D eigenvalue weighted by Gasteiger charge is -2.38. The quantitative estimate of drug-likeness (QED) is 0.416. The SMILES string of the molecule is NC1(N)C=CC(C(=O)c2ccccc2)=CC1(N)N. The normalized spacial score (nSPS) is 20.3. The van der Waals surface area contributed by atoms with Crippen molar-refractivity contribution in [3.8, 4) is 0 Å². The van der Waals surface area contributed by atoms with E-state index in [1.165, 1.54) is 12.2 Å². The molecule has 0 fully saturated rings. The van der Waals surface area contributed by atoms with Crippen LogP contribution in [0.3, 0.4) is 0 Å². The van der Waals surface area contributed by atoms with E-state index in [4.69, 9.17) is 22.9 Å². The number of hydrogen-bond acceptors (Lipinski definition) is 5. The molecule has 0 radical (unpaired) electrons. The first-order chi connectivity index (χ1) is 8.33.